The highest BCUT2D eigenvalue weighted by atomic mass is 19.4. The largest absolute Gasteiger partial charge is 0.457 e. The highest BCUT2D eigenvalue weighted by Crippen LogP contribution is 2.70. The molecule has 0 aromatic rings. The summed E-state index contributed by atoms with van der Waals surface area (Å²) in [5.74, 6) is -38.4. The van der Waals surface area contributed by atoms with Gasteiger partial charge < -0.3 is 0 Å². The number of halogens is 15. The lowest BCUT2D eigenvalue weighted by molar-refractivity contribution is -0.486. The quantitative estimate of drug-likeness (QED) is 0.573. The Morgan fingerprint density at radius 3 is 1.04 bits per heavy atom. The molecule has 0 aliphatic heterocycles. The summed E-state index contributed by atoms with van der Waals surface area (Å²) in [6, 6.07) is 0. The van der Waals surface area contributed by atoms with E-state index >= 15 is 0 Å². The van der Waals surface area contributed by atoms with Gasteiger partial charge in [-0.1, -0.05) is 0 Å². The molecule has 0 heterocycles. The Hall–Kier alpha value is -1.05. The molecule has 0 bridgehead atoms. The zero-order valence-corrected chi connectivity index (χ0v) is 9.75. The first-order valence-corrected chi connectivity index (χ1v) is 4.94. The summed E-state index contributed by atoms with van der Waals surface area (Å²) >= 11 is 0. The predicted octanol–water partition coefficient (Wildman–Crippen LogP) is 4.79. The lowest BCUT2D eigenvalue weighted by atomic mass is 9.70. The van der Waals surface area contributed by atoms with E-state index in [1.807, 2.05) is 0 Å². The van der Waals surface area contributed by atoms with Gasteiger partial charge in [-0.25, -0.2) is 8.78 Å². The Labute approximate surface area is 115 Å². The van der Waals surface area contributed by atoms with Crippen molar-refractivity contribution in [2.75, 3.05) is 0 Å². The van der Waals surface area contributed by atoms with Crippen LogP contribution in [-0.2, 0) is 0 Å². The zero-order valence-electron chi connectivity index (χ0n) is 9.75. The highest BCUT2D eigenvalue weighted by Gasteiger charge is 3.02. The molecular formula is C8HF15. The third-order valence-electron chi connectivity index (χ3n) is 3.13. The van der Waals surface area contributed by atoms with Crippen molar-refractivity contribution in [3.63, 3.8) is 0 Å². The maximum absolute atomic E-state index is 13.5. The highest BCUT2D eigenvalue weighted by molar-refractivity contribution is 5.28. The van der Waals surface area contributed by atoms with Crippen molar-refractivity contribution in [3.05, 3.63) is 0 Å². The van der Waals surface area contributed by atoms with Crippen molar-refractivity contribution in [1.29, 1.82) is 0 Å². The fraction of sp³-hybridized carbons (Fsp3) is 1.00. The van der Waals surface area contributed by atoms with Crippen LogP contribution in [-0.4, -0.2) is 47.6 Å². The Bertz CT molecular complexity index is 456. The third kappa shape index (κ3) is 1.78. The van der Waals surface area contributed by atoms with Crippen LogP contribution in [0.5, 0.6) is 0 Å². The van der Waals surface area contributed by atoms with E-state index in [0.717, 1.165) is 0 Å². The molecule has 1 saturated carbocycles. The van der Waals surface area contributed by atoms with Crippen LogP contribution >= 0.6 is 0 Å². The van der Waals surface area contributed by atoms with Gasteiger partial charge in [0.1, 0.15) is 0 Å². The van der Waals surface area contributed by atoms with Gasteiger partial charge in [-0.05, 0) is 0 Å². The normalized spacial score (nSPS) is 35.9. The molecule has 0 radical (unpaired) electrons. The maximum atomic E-state index is 13.5. The van der Waals surface area contributed by atoms with Crippen molar-refractivity contribution >= 4 is 0 Å². The fourth-order valence-corrected chi connectivity index (χ4v) is 1.79. The summed E-state index contributed by atoms with van der Waals surface area (Å²) in [6.45, 7) is 0. The van der Waals surface area contributed by atoms with Crippen LogP contribution in [0.1, 0.15) is 0 Å². The molecule has 138 valence electrons. The van der Waals surface area contributed by atoms with Crippen LogP contribution in [0.4, 0.5) is 65.9 Å². The van der Waals surface area contributed by atoms with Crippen LogP contribution in [0.15, 0.2) is 0 Å². The van der Waals surface area contributed by atoms with Gasteiger partial charge in [-0.3, -0.25) is 0 Å². The molecule has 0 aromatic heterocycles. The van der Waals surface area contributed by atoms with E-state index in [4.69, 9.17) is 0 Å². The van der Waals surface area contributed by atoms with E-state index in [9.17, 15) is 65.9 Å². The summed E-state index contributed by atoms with van der Waals surface area (Å²) < 4.78 is 190. The van der Waals surface area contributed by atoms with Crippen molar-refractivity contribution in [2.45, 2.75) is 47.6 Å². The molecule has 0 spiro atoms. The number of hydrogen-bond donors (Lipinski definition) is 0. The number of alkyl halides is 15. The summed E-state index contributed by atoms with van der Waals surface area (Å²) in [7, 11) is 0. The minimum atomic E-state index is -8.17. The van der Waals surface area contributed by atoms with Gasteiger partial charge in [-0.2, -0.15) is 57.1 Å². The first-order chi connectivity index (χ1) is 9.65. The van der Waals surface area contributed by atoms with E-state index in [1.165, 1.54) is 0 Å². The average Bonchev–Trinajstić information content (AvgIpc) is 2.32. The molecule has 23 heavy (non-hydrogen) atoms. The molecule has 0 nitrogen and oxygen atoms in total. The number of hydrogen-bond acceptors (Lipinski definition) is 0. The molecular weight excluding hydrogens is 381 g/mol. The Kier molecular flexibility index (Phi) is 3.75. The van der Waals surface area contributed by atoms with Crippen LogP contribution in [0.3, 0.4) is 0 Å². The minimum absolute atomic E-state index is 5.94. The maximum Gasteiger partial charge on any atom is 0.457 e. The molecule has 1 aliphatic carbocycles. The molecule has 1 aliphatic rings. The second-order valence-corrected chi connectivity index (χ2v) is 4.49. The van der Waals surface area contributed by atoms with Gasteiger partial charge in [0.15, 0.2) is 0 Å². The standard InChI is InChI=1S/C8HF15/c9-1-2(10,11)5(15,16)4(14,6(17,18)3(1,12)13)7(19,20)8(21,22)23/h1H. The Morgan fingerprint density at radius 2 is 0.826 bits per heavy atom. The summed E-state index contributed by atoms with van der Waals surface area (Å²) in [4.78, 5) is 0. The van der Waals surface area contributed by atoms with Crippen LogP contribution in [0.25, 0.3) is 0 Å². The number of rotatable bonds is 1. The van der Waals surface area contributed by atoms with Gasteiger partial charge in [0.25, 0.3) is 0 Å². The second kappa shape index (κ2) is 4.32. The van der Waals surface area contributed by atoms with Crippen molar-refractivity contribution in [3.8, 4) is 0 Å². The van der Waals surface area contributed by atoms with Crippen LogP contribution in [0, 0.1) is 0 Å². The SMILES string of the molecule is FC1C(F)(F)C(F)(F)C(F)(C(F)(F)C(F)(F)F)C(F)(F)C1(F)F. The summed E-state index contributed by atoms with van der Waals surface area (Å²) in [6.07, 6.45) is -13.6. The van der Waals surface area contributed by atoms with Crippen molar-refractivity contribution < 1.29 is 65.9 Å². The van der Waals surface area contributed by atoms with Crippen molar-refractivity contribution in [2.24, 2.45) is 0 Å². The molecule has 0 atom stereocenters. The molecule has 1 fully saturated rings. The topological polar surface area (TPSA) is 0 Å². The second-order valence-electron chi connectivity index (χ2n) is 4.49. The monoisotopic (exact) mass is 382 g/mol. The predicted molar refractivity (Wildman–Crippen MR) is 39.5 cm³/mol. The van der Waals surface area contributed by atoms with E-state index < -0.39 is 47.6 Å². The van der Waals surface area contributed by atoms with Gasteiger partial charge in [0.05, 0.1) is 0 Å². The zero-order chi connectivity index (χ0) is 19.1. The molecule has 1 rings (SSSR count). The molecule has 0 N–H and O–H groups in total. The van der Waals surface area contributed by atoms with Crippen LogP contribution in [0.2, 0.25) is 0 Å². The first-order valence-electron chi connectivity index (χ1n) is 4.94. The smallest absolute Gasteiger partial charge is 0.234 e. The molecule has 0 saturated heterocycles. The minimum Gasteiger partial charge on any atom is -0.234 e. The van der Waals surface area contributed by atoms with Crippen LogP contribution < -0.4 is 0 Å². The first kappa shape index (κ1) is 20.0. The van der Waals surface area contributed by atoms with E-state index in [2.05, 4.69) is 0 Å². The van der Waals surface area contributed by atoms with Gasteiger partial charge >= 0.3 is 41.5 Å². The molecule has 15 heteroatoms. The molecule has 0 amide bonds. The van der Waals surface area contributed by atoms with E-state index in [-0.39, 0.29) is 0 Å². The Balaban J connectivity index is 3.93. The third-order valence-corrected chi connectivity index (χ3v) is 3.13. The van der Waals surface area contributed by atoms with Crippen molar-refractivity contribution in [1.82, 2.24) is 0 Å². The average molecular weight is 382 g/mol. The Morgan fingerprint density at radius 1 is 0.565 bits per heavy atom. The van der Waals surface area contributed by atoms with Gasteiger partial charge in [0.2, 0.25) is 6.17 Å². The van der Waals surface area contributed by atoms with Gasteiger partial charge in [0, 0.05) is 0 Å². The summed E-state index contributed by atoms with van der Waals surface area (Å²) in [5.41, 5.74) is -8.17. The summed E-state index contributed by atoms with van der Waals surface area (Å²) in [5, 5.41) is 0. The lowest BCUT2D eigenvalue weighted by Gasteiger charge is -2.52. The molecule has 0 aromatic carbocycles. The van der Waals surface area contributed by atoms with Gasteiger partial charge in [-0.15, -0.1) is 0 Å². The molecule has 0 unspecified atom stereocenters. The lowest BCUT2D eigenvalue weighted by Crippen LogP contribution is -2.86. The fourth-order valence-electron chi connectivity index (χ4n) is 1.79. The van der Waals surface area contributed by atoms with E-state index in [0.29, 0.717) is 0 Å². The van der Waals surface area contributed by atoms with E-state index in [1.54, 1.807) is 0 Å².